The lowest BCUT2D eigenvalue weighted by Crippen LogP contribution is -2.00. The fourth-order valence-electron chi connectivity index (χ4n) is 2.29. The summed E-state index contributed by atoms with van der Waals surface area (Å²) in [6, 6.07) is 21.5. The van der Waals surface area contributed by atoms with Crippen LogP contribution in [0.4, 0.5) is 0 Å². The number of ether oxygens (including phenoxy) is 1. The van der Waals surface area contributed by atoms with Crippen LogP contribution in [0.1, 0.15) is 36.3 Å². The van der Waals surface area contributed by atoms with E-state index in [1.165, 1.54) is 0 Å². The van der Waals surface area contributed by atoms with Gasteiger partial charge in [-0.25, -0.2) is 0 Å². The molecule has 1 unspecified atom stereocenters. The topological polar surface area (TPSA) is 56.8 Å². The Morgan fingerprint density at radius 3 is 2.50 bits per heavy atom. The van der Waals surface area contributed by atoms with Crippen LogP contribution in [0.25, 0.3) is 0 Å². The van der Waals surface area contributed by atoms with Crippen LogP contribution in [-0.2, 0) is 0 Å². The molecule has 110 valence electrons. The molecule has 0 saturated carbocycles. The molecular weight excluding hydrogens is 272 g/mol. The zero-order valence-corrected chi connectivity index (χ0v) is 12.4. The molecule has 2 aromatic rings. The van der Waals surface area contributed by atoms with E-state index in [1.54, 1.807) is 12.1 Å². The van der Waals surface area contributed by atoms with Crippen molar-refractivity contribution in [1.82, 2.24) is 0 Å². The van der Waals surface area contributed by atoms with Gasteiger partial charge >= 0.3 is 0 Å². The van der Waals surface area contributed by atoms with Gasteiger partial charge in [0.25, 0.3) is 0 Å². The third-order valence-electron chi connectivity index (χ3n) is 3.47. The molecule has 0 heterocycles. The second-order valence-corrected chi connectivity index (χ2v) is 5.08. The molecule has 0 aliphatic heterocycles. The third-order valence-corrected chi connectivity index (χ3v) is 3.47. The van der Waals surface area contributed by atoms with Gasteiger partial charge in [-0.15, -0.1) is 0 Å². The van der Waals surface area contributed by atoms with Gasteiger partial charge < -0.3 is 4.74 Å². The Balaban J connectivity index is 1.77. The van der Waals surface area contributed by atoms with E-state index in [4.69, 9.17) is 10.00 Å². The summed E-state index contributed by atoms with van der Waals surface area (Å²) in [5.41, 5.74) is 1.52. The summed E-state index contributed by atoms with van der Waals surface area (Å²) in [6.45, 7) is 0.653. The largest absolute Gasteiger partial charge is 0.494 e. The zero-order chi connectivity index (χ0) is 15.6. The molecule has 0 aromatic heterocycles. The summed E-state index contributed by atoms with van der Waals surface area (Å²) >= 11 is 0. The Bertz CT molecular complexity index is 668. The highest BCUT2D eigenvalue weighted by Gasteiger charge is 2.10. The van der Waals surface area contributed by atoms with E-state index in [0.29, 0.717) is 12.2 Å². The Morgan fingerprint density at radius 2 is 1.77 bits per heavy atom. The Kier molecular flexibility index (Phi) is 6.03. The van der Waals surface area contributed by atoms with Gasteiger partial charge in [-0.2, -0.15) is 10.5 Å². The molecule has 1 atom stereocenters. The molecule has 2 rings (SSSR count). The second-order valence-electron chi connectivity index (χ2n) is 5.08. The van der Waals surface area contributed by atoms with Crippen molar-refractivity contribution in [2.24, 2.45) is 0 Å². The zero-order valence-electron chi connectivity index (χ0n) is 12.4. The number of unbranched alkanes of at least 4 members (excludes halogenated alkanes) is 1. The molecule has 0 amide bonds. The molecular formula is C19H18N2O. The maximum Gasteiger partial charge on any atom is 0.119 e. The molecule has 22 heavy (non-hydrogen) atoms. The molecule has 0 aliphatic carbocycles. The fourth-order valence-corrected chi connectivity index (χ4v) is 2.29. The van der Waals surface area contributed by atoms with Crippen LogP contribution >= 0.6 is 0 Å². The average Bonchev–Trinajstić information content (AvgIpc) is 2.59. The first-order chi connectivity index (χ1) is 10.8. The van der Waals surface area contributed by atoms with Crippen LogP contribution in [0.2, 0.25) is 0 Å². The number of rotatable bonds is 7. The highest BCUT2D eigenvalue weighted by atomic mass is 16.5. The van der Waals surface area contributed by atoms with Crippen LogP contribution in [-0.4, -0.2) is 6.61 Å². The number of hydrogen-bond acceptors (Lipinski definition) is 3. The van der Waals surface area contributed by atoms with E-state index >= 15 is 0 Å². The number of nitrogens with zero attached hydrogens (tertiary/aromatic N) is 2. The van der Waals surface area contributed by atoms with Crippen molar-refractivity contribution in [1.29, 1.82) is 10.5 Å². The summed E-state index contributed by atoms with van der Waals surface area (Å²) < 4.78 is 5.64. The van der Waals surface area contributed by atoms with Gasteiger partial charge in [0.1, 0.15) is 5.75 Å². The van der Waals surface area contributed by atoms with Gasteiger partial charge in [-0.3, -0.25) is 0 Å². The van der Waals surface area contributed by atoms with Crippen molar-refractivity contribution < 1.29 is 4.74 Å². The first kappa shape index (κ1) is 15.6. The Hall–Kier alpha value is -2.78. The van der Waals surface area contributed by atoms with Crippen LogP contribution in [0.15, 0.2) is 54.6 Å². The quantitative estimate of drug-likeness (QED) is 0.709. The first-order valence-electron chi connectivity index (χ1n) is 7.41. The number of hydrogen-bond donors (Lipinski definition) is 0. The lowest BCUT2D eigenvalue weighted by atomic mass is 9.94. The lowest BCUT2D eigenvalue weighted by Gasteiger charge is -2.10. The van der Waals surface area contributed by atoms with E-state index in [1.807, 2.05) is 42.5 Å². The first-order valence-corrected chi connectivity index (χ1v) is 7.41. The minimum atomic E-state index is -0.162. The lowest BCUT2D eigenvalue weighted by molar-refractivity contribution is 0.304. The standard InChI is InChI=1S/C19H18N2O/c20-14-16-7-6-9-17(13-16)18(15-21)8-4-5-12-22-19-10-2-1-3-11-19/h1-3,6-7,9-11,13,18H,4-5,8,12H2. The van der Waals surface area contributed by atoms with Crippen LogP contribution < -0.4 is 4.74 Å². The molecule has 0 bridgehead atoms. The van der Waals surface area contributed by atoms with E-state index in [0.717, 1.165) is 30.6 Å². The van der Waals surface area contributed by atoms with Gasteiger partial charge in [-0.05, 0) is 49.1 Å². The van der Waals surface area contributed by atoms with Gasteiger partial charge in [0.2, 0.25) is 0 Å². The Labute approximate surface area is 131 Å². The molecule has 0 radical (unpaired) electrons. The summed E-state index contributed by atoms with van der Waals surface area (Å²) in [5.74, 6) is 0.714. The summed E-state index contributed by atoms with van der Waals surface area (Å²) in [7, 11) is 0. The van der Waals surface area contributed by atoms with Crippen LogP contribution in [0.3, 0.4) is 0 Å². The van der Waals surface area contributed by atoms with Crippen LogP contribution in [0.5, 0.6) is 5.75 Å². The van der Waals surface area contributed by atoms with E-state index in [-0.39, 0.29) is 5.92 Å². The predicted molar refractivity (Wildman–Crippen MR) is 85.3 cm³/mol. The van der Waals surface area contributed by atoms with Gasteiger partial charge in [0.15, 0.2) is 0 Å². The van der Waals surface area contributed by atoms with Gasteiger partial charge in [-0.1, -0.05) is 30.3 Å². The summed E-state index contributed by atoms with van der Waals surface area (Å²) in [5, 5.41) is 18.2. The molecule has 0 aliphatic rings. The molecule has 0 saturated heterocycles. The second kappa shape index (κ2) is 8.49. The van der Waals surface area contributed by atoms with Crippen molar-refractivity contribution in [3.05, 3.63) is 65.7 Å². The molecule has 3 nitrogen and oxygen atoms in total. The predicted octanol–water partition coefficient (Wildman–Crippen LogP) is 4.41. The van der Waals surface area contributed by atoms with Crippen LogP contribution in [0, 0.1) is 22.7 Å². The molecule has 2 aromatic carbocycles. The van der Waals surface area contributed by atoms with E-state index < -0.39 is 0 Å². The highest BCUT2D eigenvalue weighted by molar-refractivity contribution is 5.36. The normalized spacial score (nSPS) is 11.2. The molecule has 0 N–H and O–H groups in total. The Morgan fingerprint density at radius 1 is 0.955 bits per heavy atom. The summed E-state index contributed by atoms with van der Waals surface area (Å²) in [4.78, 5) is 0. The molecule has 3 heteroatoms. The smallest absolute Gasteiger partial charge is 0.119 e. The molecule has 0 spiro atoms. The SMILES string of the molecule is N#Cc1cccc(C(C#N)CCCCOc2ccccc2)c1. The fraction of sp³-hybridized carbons (Fsp3) is 0.263. The average molecular weight is 290 g/mol. The minimum Gasteiger partial charge on any atom is -0.494 e. The van der Waals surface area contributed by atoms with Crippen molar-refractivity contribution in [2.45, 2.75) is 25.2 Å². The monoisotopic (exact) mass is 290 g/mol. The number of para-hydroxylation sites is 1. The van der Waals surface area contributed by atoms with Crippen molar-refractivity contribution in [2.75, 3.05) is 6.61 Å². The van der Waals surface area contributed by atoms with E-state index in [9.17, 15) is 5.26 Å². The minimum absolute atomic E-state index is 0.162. The summed E-state index contributed by atoms with van der Waals surface area (Å²) in [6.07, 6.45) is 2.61. The highest BCUT2D eigenvalue weighted by Crippen LogP contribution is 2.22. The van der Waals surface area contributed by atoms with Gasteiger partial charge in [0, 0.05) is 0 Å². The molecule has 0 fully saturated rings. The maximum absolute atomic E-state index is 9.31. The number of nitriles is 2. The van der Waals surface area contributed by atoms with E-state index in [2.05, 4.69) is 12.1 Å². The third kappa shape index (κ3) is 4.65. The van der Waals surface area contributed by atoms with Crippen molar-refractivity contribution in [3.63, 3.8) is 0 Å². The van der Waals surface area contributed by atoms with Gasteiger partial charge in [0.05, 0.1) is 30.2 Å². The number of benzene rings is 2. The van der Waals surface area contributed by atoms with Crippen molar-refractivity contribution >= 4 is 0 Å². The maximum atomic E-state index is 9.31. The van der Waals surface area contributed by atoms with Crippen molar-refractivity contribution in [3.8, 4) is 17.9 Å².